The van der Waals surface area contributed by atoms with Gasteiger partial charge >= 0.3 is 0 Å². The van der Waals surface area contributed by atoms with Crippen molar-refractivity contribution in [3.8, 4) is 11.1 Å². The Morgan fingerprint density at radius 3 is 2.61 bits per heavy atom. The molecule has 0 aliphatic carbocycles. The molecule has 1 aliphatic heterocycles. The molecule has 2 aromatic carbocycles. The zero-order valence-electron chi connectivity index (χ0n) is 17.0. The summed E-state index contributed by atoms with van der Waals surface area (Å²) >= 11 is 0. The van der Waals surface area contributed by atoms with Crippen molar-refractivity contribution in [2.24, 2.45) is 11.1 Å². The molecule has 31 heavy (non-hydrogen) atoms. The predicted octanol–water partition coefficient (Wildman–Crippen LogP) is 3.23. The van der Waals surface area contributed by atoms with Crippen molar-refractivity contribution >= 4 is 11.8 Å². The van der Waals surface area contributed by atoms with E-state index in [0.717, 1.165) is 16.7 Å². The van der Waals surface area contributed by atoms with Crippen LogP contribution in [0, 0.1) is 11.2 Å². The van der Waals surface area contributed by atoms with Gasteiger partial charge < -0.3 is 10.6 Å². The van der Waals surface area contributed by atoms with Crippen LogP contribution in [0.2, 0.25) is 0 Å². The average Bonchev–Trinajstić information content (AvgIpc) is 2.79. The molecule has 1 atom stereocenters. The van der Waals surface area contributed by atoms with Gasteiger partial charge in [0.1, 0.15) is 12.1 Å². The van der Waals surface area contributed by atoms with E-state index in [1.165, 1.54) is 24.5 Å². The summed E-state index contributed by atoms with van der Waals surface area (Å²) in [6.45, 7) is 0.690. The summed E-state index contributed by atoms with van der Waals surface area (Å²) in [5.74, 6) is -1.21. The lowest BCUT2D eigenvalue weighted by Gasteiger charge is -2.41. The molecule has 3 aromatic rings. The van der Waals surface area contributed by atoms with Gasteiger partial charge in [-0.15, -0.1) is 0 Å². The van der Waals surface area contributed by atoms with Gasteiger partial charge in [0.25, 0.3) is 5.91 Å². The topological polar surface area (TPSA) is 89.2 Å². The highest BCUT2D eigenvalue weighted by molar-refractivity contribution is 5.95. The van der Waals surface area contributed by atoms with E-state index in [1.807, 2.05) is 24.3 Å². The fourth-order valence-corrected chi connectivity index (χ4v) is 4.30. The van der Waals surface area contributed by atoms with Crippen molar-refractivity contribution in [2.75, 3.05) is 13.1 Å². The second-order valence-corrected chi connectivity index (χ2v) is 7.95. The maximum atomic E-state index is 13.6. The normalized spacial score (nSPS) is 18.5. The number of hydrogen-bond acceptors (Lipinski definition) is 4. The summed E-state index contributed by atoms with van der Waals surface area (Å²) in [7, 11) is 0. The summed E-state index contributed by atoms with van der Waals surface area (Å²) in [5, 5.41) is 0. The highest BCUT2D eigenvalue weighted by atomic mass is 19.1. The Bertz CT molecular complexity index is 1110. The predicted molar refractivity (Wildman–Crippen MR) is 114 cm³/mol. The van der Waals surface area contributed by atoms with Crippen molar-refractivity contribution in [3.05, 3.63) is 84.2 Å². The maximum Gasteiger partial charge on any atom is 0.253 e. The minimum absolute atomic E-state index is 0.192. The molecule has 0 radical (unpaired) electrons. The Kier molecular flexibility index (Phi) is 5.75. The highest BCUT2D eigenvalue weighted by Crippen LogP contribution is 2.37. The van der Waals surface area contributed by atoms with Crippen molar-refractivity contribution in [2.45, 2.75) is 19.3 Å². The van der Waals surface area contributed by atoms with Crippen LogP contribution in [0.1, 0.15) is 28.8 Å². The second kappa shape index (κ2) is 8.63. The smallest absolute Gasteiger partial charge is 0.253 e. The molecule has 7 heteroatoms. The van der Waals surface area contributed by atoms with Crippen molar-refractivity contribution in [1.82, 2.24) is 14.9 Å². The first-order valence-corrected chi connectivity index (χ1v) is 10.2. The molecular formula is C24H23FN4O2. The minimum atomic E-state index is -0.910. The fourth-order valence-electron chi connectivity index (χ4n) is 4.30. The molecule has 4 rings (SSSR count). The van der Waals surface area contributed by atoms with Gasteiger partial charge in [0, 0.05) is 36.6 Å². The van der Waals surface area contributed by atoms with E-state index in [1.54, 1.807) is 23.4 Å². The van der Waals surface area contributed by atoms with Crippen LogP contribution < -0.4 is 5.73 Å². The van der Waals surface area contributed by atoms with Crippen LogP contribution >= 0.6 is 0 Å². The molecule has 2 heterocycles. The summed E-state index contributed by atoms with van der Waals surface area (Å²) < 4.78 is 13.6. The summed E-state index contributed by atoms with van der Waals surface area (Å²) in [4.78, 5) is 35.5. The molecule has 0 bridgehead atoms. The largest absolute Gasteiger partial charge is 0.369 e. The van der Waals surface area contributed by atoms with E-state index in [2.05, 4.69) is 9.97 Å². The van der Waals surface area contributed by atoms with Crippen LogP contribution in [0.3, 0.4) is 0 Å². The number of rotatable bonds is 5. The zero-order chi connectivity index (χ0) is 21.8. The number of likely N-dealkylation sites (tertiary alicyclic amines) is 1. The van der Waals surface area contributed by atoms with Crippen molar-refractivity contribution in [3.63, 3.8) is 0 Å². The lowest BCUT2D eigenvalue weighted by Crippen LogP contribution is -2.53. The molecule has 2 amide bonds. The Labute approximate surface area is 179 Å². The first kappa shape index (κ1) is 20.7. The molecule has 0 unspecified atom stereocenters. The molecular weight excluding hydrogens is 395 g/mol. The van der Waals surface area contributed by atoms with Crippen LogP contribution in [0.15, 0.2) is 67.3 Å². The van der Waals surface area contributed by atoms with E-state index in [0.29, 0.717) is 25.8 Å². The molecule has 1 fully saturated rings. The van der Waals surface area contributed by atoms with Gasteiger partial charge in [-0.2, -0.15) is 0 Å². The van der Waals surface area contributed by atoms with Gasteiger partial charge in [0.15, 0.2) is 0 Å². The SMILES string of the molecule is NC(=O)[C@@]1(Cc2ccccc2-c2cncnc2)CCCN(C(=O)c2cccc(F)c2)C1. The third-order valence-electron chi connectivity index (χ3n) is 5.88. The first-order chi connectivity index (χ1) is 15.0. The molecule has 158 valence electrons. The number of primary amides is 1. The molecule has 1 aliphatic rings. The molecule has 6 nitrogen and oxygen atoms in total. The highest BCUT2D eigenvalue weighted by Gasteiger charge is 2.42. The third-order valence-corrected chi connectivity index (χ3v) is 5.88. The van der Waals surface area contributed by atoms with Crippen LogP contribution in [0.25, 0.3) is 11.1 Å². The Balaban J connectivity index is 1.65. The average molecular weight is 418 g/mol. The quantitative estimate of drug-likeness (QED) is 0.689. The van der Waals surface area contributed by atoms with Crippen molar-refractivity contribution in [1.29, 1.82) is 0 Å². The first-order valence-electron chi connectivity index (χ1n) is 10.2. The summed E-state index contributed by atoms with van der Waals surface area (Å²) in [6.07, 6.45) is 6.52. The van der Waals surface area contributed by atoms with Gasteiger partial charge in [0.2, 0.25) is 5.91 Å². The number of nitrogens with two attached hydrogens (primary N) is 1. The number of aromatic nitrogens is 2. The lowest BCUT2D eigenvalue weighted by molar-refractivity contribution is -0.130. The Morgan fingerprint density at radius 1 is 1.10 bits per heavy atom. The van der Waals surface area contributed by atoms with Crippen LogP contribution in [-0.4, -0.2) is 39.8 Å². The van der Waals surface area contributed by atoms with E-state index in [9.17, 15) is 14.0 Å². The van der Waals surface area contributed by atoms with Crippen LogP contribution in [0.5, 0.6) is 0 Å². The molecule has 2 N–H and O–H groups in total. The number of carbonyl (C=O) groups excluding carboxylic acids is 2. The van der Waals surface area contributed by atoms with Crippen LogP contribution in [-0.2, 0) is 11.2 Å². The van der Waals surface area contributed by atoms with Gasteiger partial charge in [-0.3, -0.25) is 9.59 Å². The van der Waals surface area contributed by atoms with Gasteiger partial charge in [0.05, 0.1) is 5.41 Å². The van der Waals surface area contributed by atoms with E-state index in [4.69, 9.17) is 5.73 Å². The van der Waals surface area contributed by atoms with Crippen LogP contribution in [0.4, 0.5) is 4.39 Å². The lowest BCUT2D eigenvalue weighted by atomic mass is 9.73. The number of carbonyl (C=O) groups is 2. The molecule has 1 saturated heterocycles. The fraction of sp³-hybridized carbons (Fsp3) is 0.250. The standard InChI is InChI=1S/C24H23FN4O2/c25-20-7-3-6-17(11-20)22(30)29-10-4-9-24(15-29,23(26)31)12-18-5-1-2-8-21(18)19-13-27-16-28-14-19/h1-3,5-8,11,13-14,16H,4,9-10,12,15H2,(H2,26,31)/t24-/m1/s1. The Hall–Kier alpha value is -3.61. The molecule has 0 spiro atoms. The van der Waals surface area contributed by atoms with Gasteiger partial charge in [-0.1, -0.05) is 30.3 Å². The zero-order valence-corrected chi connectivity index (χ0v) is 17.0. The number of amides is 2. The number of halogens is 1. The third kappa shape index (κ3) is 4.30. The number of hydrogen-bond donors (Lipinski definition) is 1. The van der Waals surface area contributed by atoms with Gasteiger partial charge in [-0.25, -0.2) is 14.4 Å². The van der Waals surface area contributed by atoms with Gasteiger partial charge in [-0.05, 0) is 48.6 Å². The van der Waals surface area contributed by atoms with E-state index in [-0.39, 0.29) is 18.0 Å². The van der Waals surface area contributed by atoms with E-state index < -0.39 is 17.1 Å². The summed E-state index contributed by atoms with van der Waals surface area (Å²) in [6, 6.07) is 13.3. The molecule has 1 aromatic heterocycles. The maximum absolute atomic E-state index is 13.6. The minimum Gasteiger partial charge on any atom is -0.369 e. The van der Waals surface area contributed by atoms with E-state index >= 15 is 0 Å². The second-order valence-electron chi connectivity index (χ2n) is 7.95. The monoisotopic (exact) mass is 418 g/mol. The molecule has 0 saturated carbocycles. The number of benzene rings is 2. The summed E-state index contributed by atoms with van der Waals surface area (Å²) in [5.41, 5.74) is 7.98. The van der Waals surface area contributed by atoms with Crippen molar-refractivity contribution < 1.29 is 14.0 Å². The number of nitrogens with zero attached hydrogens (tertiary/aromatic N) is 3. The number of piperidine rings is 1. The Morgan fingerprint density at radius 2 is 1.87 bits per heavy atom.